The van der Waals surface area contributed by atoms with Gasteiger partial charge in [0.15, 0.2) is 5.96 Å². The molecule has 0 heterocycles. The lowest BCUT2D eigenvalue weighted by Crippen LogP contribution is -2.38. The van der Waals surface area contributed by atoms with Crippen molar-refractivity contribution in [3.63, 3.8) is 0 Å². The predicted molar refractivity (Wildman–Crippen MR) is 119 cm³/mol. The summed E-state index contributed by atoms with van der Waals surface area (Å²) in [5, 5.41) is 3.26. The van der Waals surface area contributed by atoms with Crippen LogP contribution >= 0.6 is 39.9 Å². The highest BCUT2D eigenvalue weighted by atomic mass is 127. The van der Waals surface area contributed by atoms with E-state index in [2.05, 4.69) is 41.9 Å². The van der Waals surface area contributed by atoms with Crippen molar-refractivity contribution < 1.29 is 8.42 Å². The molecular weight excluding hydrogens is 519 g/mol. The first-order chi connectivity index (χ1) is 11.4. The Kier molecular flexibility index (Phi) is 12.7. The number of halogens is 2. The fourth-order valence-electron chi connectivity index (χ4n) is 2.02. The van der Waals surface area contributed by atoms with E-state index in [-0.39, 0.29) is 29.7 Å². The lowest BCUT2D eigenvalue weighted by molar-refractivity contribution is 0.475. The van der Waals surface area contributed by atoms with E-state index in [0.717, 1.165) is 23.5 Å². The molecule has 25 heavy (non-hydrogen) atoms. The topological polar surface area (TPSA) is 73.8 Å². The second-order valence-corrected chi connectivity index (χ2v) is 8.28. The van der Waals surface area contributed by atoms with Gasteiger partial charge in [-0.1, -0.05) is 34.1 Å². The molecule has 0 bridgehead atoms. The van der Waals surface area contributed by atoms with Crippen molar-refractivity contribution in [2.75, 3.05) is 32.4 Å². The van der Waals surface area contributed by atoms with Crippen molar-refractivity contribution in [2.45, 2.75) is 26.8 Å². The van der Waals surface area contributed by atoms with Crippen LogP contribution < -0.4 is 10.0 Å². The predicted octanol–water partition coefficient (Wildman–Crippen LogP) is 2.79. The minimum atomic E-state index is -3.12. The molecule has 1 aromatic rings. The quantitative estimate of drug-likeness (QED) is 0.216. The fourth-order valence-corrected chi connectivity index (χ4v) is 3.09. The van der Waals surface area contributed by atoms with Crippen molar-refractivity contribution in [1.82, 2.24) is 14.9 Å². The third kappa shape index (κ3) is 9.76. The van der Waals surface area contributed by atoms with Gasteiger partial charge in [0.05, 0.1) is 5.75 Å². The molecule has 0 aliphatic rings. The Labute approximate surface area is 177 Å². The van der Waals surface area contributed by atoms with Crippen molar-refractivity contribution in [3.8, 4) is 0 Å². The van der Waals surface area contributed by atoms with Crippen molar-refractivity contribution >= 4 is 55.9 Å². The molecule has 0 unspecified atom stereocenters. The van der Waals surface area contributed by atoms with E-state index in [1.165, 1.54) is 5.56 Å². The second kappa shape index (κ2) is 12.9. The maximum atomic E-state index is 11.4. The summed E-state index contributed by atoms with van der Waals surface area (Å²) in [5.41, 5.74) is 1.18. The lowest BCUT2D eigenvalue weighted by atomic mass is 10.2. The molecule has 2 N–H and O–H groups in total. The van der Waals surface area contributed by atoms with E-state index in [0.29, 0.717) is 19.5 Å². The standard InChI is InChI=1S/C16H27BrN4O2S.HI/c1-4-18-16(19-11-8-12-20-24(22,23)5-2)21(3)13-14-9-6-7-10-15(14)17;/h6-7,9-10,20H,4-5,8,11-13H2,1-3H3,(H,18,19);1H. The summed E-state index contributed by atoms with van der Waals surface area (Å²) in [6.45, 7) is 6.14. The van der Waals surface area contributed by atoms with Gasteiger partial charge >= 0.3 is 0 Å². The molecule has 0 saturated heterocycles. The highest BCUT2D eigenvalue weighted by Crippen LogP contribution is 2.17. The van der Waals surface area contributed by atoms with E-state index < -0.39 is 10.0 Å². The Morgan fingerprint density at radius 3 is 2.56 bits per heavy atom. The molecule has 0 aliphatic carbocycles. The molecule has 0 saturated carbocycles. The molecule has 0 amide bonds. The number of nitrogens with one attached hydrogen (secondary N) is 2. The summed E-state index contributed by atoms with van der Waals surface area (Å²) in [4.78, 5) is 6.62. The van der Waals surface area contributed by atoms with Crippen molar-refractivity contribution in [3.05, 3.63) is 34.3 Å². The Bertz CT molecular complexity index is 641. The first-order valence-electron chi connectivity index (χ1n) is 8.09. The summed E-state index contributed by atoms with van der Waals surface area (Å²) in [7, 11) is -1.14. The molecule has 1 rings (SSSR count). The van der Waals surface area contributed by atoms with E-state index in [1.807, 2.05) is 32.2 Å². The van der Waals surface area contributed by atoms with Crippen LogP contribution in [-0.2, 0) is 16.6 Å². The molecule has 144 valence electrons. The first kappa shape index (κ1) is 24.6. The van der Waals surface area contributed by atoms with Crippen molar-refractivity contribution in [2.24, 2.45) is 4.99 Å². The molecule has 0 radical (unpaired) electrons. The number of guanidine groups is 1. The molecule has 0 spiro atoms. The Morgan fingerprint density at radius 1 is 1.28 bits per heavy atom. The maximum Gasteiger partial charge on any atom is 0.211 e. The summed E-state index contributed by atoms with van der Waals surface area (Å²) in [6, 6.07) is 8.10. The SMILES string of the molecule is CCNC(=NCCCNS(=O)(=O)CC)N(C)Cc1ccccc1Br.I. The van der Waals surface area contributed by atoms with E-state index in [4.69, 9.17) is 0 Å². The van der Waals surface area contributed by atoms with Gasteiger partial charge in [0.2, 0.25) is 10.0 Å². The Balaban J connectivity index is 0.00000576. The van der Waals surface area contributed by atoms with Crippen LogP contribution in [0.4, 0.5) is 0 Å². The third-order valence-electron chi connectivity index (χ3n) is 3.36. The highest BCUT2D eigenvalue weighted by molar-refractivity contribution is 14.0. The van der Waals surface area contributed by atoms with Crippen LogP contribution in [0.3, 0.4) is 0 Å². The molecular formula is C16H28BrIN4O2S. The van der Waals surface area contributed by atoms with Gasteiger partial charge in [0, 0.05) is 37.7 Å². The highest BCUT2D eigenvalue weighted by Gasteiger charge is 2.08. The van der Waals surface area contributed by atoms with E-state index in [1.54, 1.807) is 6.92 Å². The second-order valence-electron chi connectivity index (χ2n) is 5.33. The minimum absolute atomic E-state index is 0. The number of aliphatic imine (C=N–C) groups is 1. The van der Waals surface area contributed by atoms with Crippen molar-refractivity contribution in [1.29, 1.82) is 0 Å². The first-order valence-corrected chi connectivity index (χ1v) is 10.5. The van der Waals surface area contributed by atoms with Gasteiger partial charge in [-0.3, -0.25) is 4.99 Å². The van der Waals surface area contributed by atoms with Gasteiger partial charge in [-0.2, -0.15) is 0 Å². The molecule has 9 heteroatoms. The molecule has 0 fully saturated rings. The Hall–Kier alpha value is -0.390. The van der Waals surface area contributed by atoms with Gasteiger partial charge in [-0.25, -0.2) is 13.1 Å². The number of sulfonamides is 1. The molecule has 1 aromatic carbocycles. The summed E-state index contributed by atoms with van der Waals surface area (Å²) < 4.78 is 26.4. The van der Waals surface area contributed by atoms with E-state index in [9.17, 15) is 8.42 Å². The zero-order valence-corrected chi connectivity index (χ0v) is 19.7. The normalized spacial score (nSPS) is 11.8. The van der Waals surface area contributed by atoms with Crippen LogP contribution in [-0.4, -0.2) is 51.7 Å². The third-order valence-corrected chi connectivity index (χ3v) is 5.54. The monoisotopic (exact) mass is 546 g/mol. The number of nitrogens with zero attached hydrogens (tertiary/aromatic N) is 2. The smallest absolute Gasteiger partial charge is 0.211 e. The zero-order valence-electron chi connectivity index (χ0n) is 15.0. The number of hydrogen-bond acceptors (Lipinski definition) is 3. The minimum Gasteiger partial charge on any atom is -0.357 e. The van der Waals surface area contributed by atoms with Crippen LogP contribution in [0.25, 0.3) is 0 Å². The summed E-state index contributed by atoms with van der Waals surface area (Å²) in [6.07, 6.45) is 0.664. The van der Waals surface area contributed by atoms with Gasteiger partial charge < -0.3 is 10.2 Å². The number of benzene rings is 1. The molecule has 0 atom stereocenters. The molecule has 0 aromatic heterocycles. The summed E-state index contributed by atoms with van der Waals surface area (Å²) >= 11 is 3.56. The van der Waals surface area contributed by atoms with Crippen LogP contribution in [0.1, 0.15) is 25.8 Å². The molecule has 6 nitrogen and oxygen atoms in total. The van der Waals surface area contributed by atoms with E-state index >= 15 is 0 Å². The van der Waals surface area contributed by atoms with Gasteiger partial charge in [0.1, 0.15) is 0 Å². The fraction of sp³-hybridized carbons (Fsp3) is 0.562. The van der Waals surface area contributed by atoms with Crippen LogP contribution in [0.2, 0.25) is 0 Å². The van der Waals surface area contributed by atoms with Crippen LogP contribution in [0, 0.1) is 0 Å². The number of hydrogen-bond donors (Lipinski definition) is 2. The summed E-state index contributed by atoms with van der Waals surface area (Å²) in [5.74, 6) is 0.916. The van der Waals surface area contributed by atoms with Crippen LogP contribution in [0.15, 0.2) is 33.7 Å². The van der Waals surface area contributed by atoms with Crippen LogP contribution in [0.5, 0.6) is 0 Å². The largest absolute Gasteiger partial charge is 0.357 e. The van der Waals surface area contributed by atoms with Gasteiger partial charge in [-0.05, 0) is 31.9 Å². The number of rotatable bonds is 9. The van der Waals surface area contributed by atoms with Gasteiger partial charge in [-0.15, -0.1) is 24.0 Å². The maximum absolute atomic E-state index is 11.4. The molecule has 0 aliphatic heterocycles. The average molecular weight is 547 g/mol. The Morgan fingerprint density at radius 2 is 1.96 bits per heavy atom. The lowest BCUT2D eigenvalue weighted by Gasteiger charge is -2.22. The van der Waals surface area contributed by atoms with Gasteiger partial charge in [0.25, 0.3) is 0 Å². The zero-order chi connectivity index (χ0) is 18.0. The average Bonchev–Trinajstić information content (AvgIpc) is 2.55.